The van der Waals surface area contributed by atoms with Gasteiger partial charge in [-0.15, -0.1) is 0 Å². The molecule has 0 aliphatic heterocycles. The molecule has 0 bridgehead atoms. The lowest BCUT2D eigenvalue weighted by Gasteiger charge is -2.06. The van der Waals surface area contributed by atoms with Crippen LogP contribution in [0.15, 0.2) is 77.9 Å². The van der Waals surface area contributed by atoms with Gasteiger partial charge >= 0.3 is 0 Å². The third-order valence-corrected chi connectivity index (χ3v) is 4.92. The van der Waals surface area contributed by atoms with Crippen LogP contribution in [0.3, 0.4) is 0 Å². The van der Waals surface area contributed by atoms with Crippen LogP contribution in [0.2, 0.25) is 0 Å². The van der Waals surface area contributed by atoms with Gasteiger partial charge in [0.05, 0.1) is 0 Å². The predicted octanol–water partition coefficient (Wildman–Crippen LogP) is 5.43. The molecule has 0 unspecified atom stereocenters. The van der Waals surface area contributed by atoms with Gasteiger partial charge in [-0.1, -0.05) is 48.9 Å². The van der Waals surface area contributed by atoms with E-state index in [1.54, 1.807) is 18.9 Å². The van der Waals surface area contributed by atoms with E-state index in [2.05, 4.69) is 27.2 Å². The Kier molecular flexibility index (Phi) is 7.26. The summed E-state index contributed by atoms with van der Waals surface area (Å²) in [6, 6.07) is 18.3. The first kappa shape index (κ1) is 20.6. The Balaban J connectivity index is 1.17. The summed E-state index contributed by atoms with van der Waals surface area (Å²) in [5, 5.41) is 4.12. The lowest BCUT2D eigenvalue weighted by Crippen LogP contribution is -1.98. The van der Waals surface area contributed by atoms with Crippen LogP contribution in [0, 0.1) is 0 Å². The molecule has 31 heavy (non-hydrogen) atoms. The molecule has 6 heteroatoms. The predicted molar refractivity (Wildman–Crippen MR) is 120 cm³/mol. The van der Waals surface area contributed by atoms with Crippen molar-refractivity contribution in [3.8, 4) is 5.75 Å². The van der Waals surface area contributed by atoms with Gasteiger partial charge in [-0.2, -0.15) is 5.10 Å². The maximum absolute atomic E-state index is 5.85. The first-order valence-corrected chi connectivity index (χ1v) is 10.6. The minimum absolute atomic E-state index is 0.379. The summed E-state index contributed by atoms with van der Waals surface area (Å²) in [5.41, 5.74) is 3.20. The van der Waals surface area contributed by atoms with Crippen molar-refractivity contribution in [1.29, 1.82) is 0 Å². The van der Waals surface area contributed by atoms with Crippen LogP contribution in [0.4, 0.5) is 0 Å². The fourth-order valence-corrected chi connectivity index (χ4v) is 3.23. The molecule has 0 aliphatic rings. The third kappa shape index (κ3) is 6.67. The number of hydrogen-bond acceptors (Lipinski definition) is 5. The molecular formula is C25H26N4O2. The van der Waals surface area contributed by atoms with Gasteiger partial charge in [-0.25, -0.2) is 9.97 Å². The number of ether oxygens (including phenoxy) is 1. The third-order valence-electron chi connectivity index (χ3n) is 4.92. The number of hydrogen-bond donors (Lipinski definition) is 0. The number of aromatic nitrogens is 4. The molecule has 0 atom stereocenters. The Bertz CT molecular complexity index is 1050. The SMILES string of the molecule is C(=Cc1nc(COc2ccc(CCCCCn3cncn3)cc2)co1)c1ccccc1. The summed E-state index contributed by atoms with van der Waals surface area (Å²) in [7, 11) is 0. The van der Waals surface area contributed by atoms with E-state index in [0.717, 1.165) is 42.8 Å². The highest BCUT2D eigenvalue weighted by atomic mass is 16.5. The molecule has 6 nitrogen and oxygen atoms in total. The number of unbranched alkanes of at least 4 members (excludes halogenated alkanes) is 2. The lowest BCUT2D eigenvalue weighted by molar-refractivity contribution is 0.301. The summed E-state index contributed by atoms with van der Waals surface area (Å²) >= 11 is 0. The number of oxazole rings is 1. The van der Waals surface area contributed by atoms with Gasteiger partial charge in [0.2, 0.25) is 5.89 Å². The van der Waals surface area contributed by atoms with E-state index in [9.17, 15) is 0 Å². The molecule has 2 heterocycles. The molecule has 0 saturated heterocycles. The Labute approximate surface area is 182 Å². The molecule has 0 saturated carbocycles. The molecule has 4 aromatic rings. The van der Waals surface area contributed by atoms with Gasteiger partial charge in [0.25, 0.3) is 0 Å². The highest BCUT2D eigenvalue weighted by Gasteiger charge is 2.03. The summed E-state index contributed by atoms with van der Waals surface area (Å²) in [6.07, 6.45) is 13.3. The highest BCUT2D eigenvalue weighted by Crippen LogP contribution is 2.16. The van der Waals surface area contributed by atoms with Gasteiger partial charge in [0.15, 0.2) is 0 Å². The highest BCUT2D eigenvalue weighted by molar-refractivity contribution is 5.65. The van der Waals surface area contributed by atoms with Crippen LogP contribution in [0.1, 0.15) is 42.0 Å². The van der Waals surface area contributed by atoms with Crippen molar-refractivity contribution in [2.24, 2.45) is 0 Å². The largest absolute Gasteiger partial charge is 0.487 e. The molecule has 0 fully saturated rings. The first-order valence-electron chi connectivity index (χ1n) is 10.6. The van der Waals surface area contributed by atoms with Gasteiger partial charge in [-0.05, 0) is 48.6 Å². The van der Waals surface area contributed by atoms with Crippen molar-refractivity contribution in [2.75, 3.05) is 0 Å². The minimum Gasteiger partial charge on any atom is -0.487 e. The Morgan fingerprint density at radius 1 is 0.935 bits per heavy atom. The van der Waals surface area contributed by atoms with Crippen molar-refractivity contribution in [2.45, 2.75) is 38.8 Å². The molecule has 2 aromatic carbocycles. The molecule has 0 amide bonds. The van der Waals surface area contributed by atoms with Crippen LogP contribution in [0.5, 0.6) is 5.75 Å². The Morgan fingerprint density at radius 3 is 2.61 bits per heavy atom. The maximum atomic E-state index is 5.85. The van der Waals surface area contributed by atoms with Crippen molar-refractivity contribution in [3.05, 3.63) is 96.2 Å². The molecule has 4 rings (SSSR count). The molecule has 0 aliphatic carbocycles. The van der Waals surface area contributed by atoms with E-state index in [1.165, 1.54) is 12.0 Å². The molecule has 158 valence electrons. The minimum atomic E-state index is 0.379. The van der Waals surface area contributed by atoms with E-state index in [1.807, 2.05) is 59.3 Å². The van der Waals surface area contributed by atoms with Crippen molar-refractivity contribution in [3.63, 3.8) is 0 Å². The first-order chi connectivity index (χ1) is 15.3. The van der Waals surface area contributed by atoms with Crippen LogP contribution in [0.25, 0.3) is 12.2 Å². The zero-order chi connectivity index (χ0) is 21.1. The van der Waals surface area contributed by atoms with Crippen LogP contribution >= 0.6 is 0 Å². The van der Waals surface area contributed by atoms with Crippen molar-refractivity contribution >= 4 is 12.2 Å². The van der Waals surface area contributed by atoms with Gasteiger partial charge < -0.3 is 9.15 Å². The zero-order valence-corrected chi connectivity index (χ0v) is 17.4. The molecule has 2 aromatic heterocycles. The monoisotopic (exact) mass is 414 g/mol. The van der Waals surface area contributed by atoms with Gasteiger partial charge in [0, 0.05) is 12.6 Å². The van der Waals surface area contributed by atoms with Crippen LogP contribution in [-0.2, 0) is 19.6 Å². The van der Waals surface area contributed by atoms with E-state index >= 15 is 0 Å². The van der Waals surface area contributed by atoms with Gasteiger partial charge in [0.1, 0.15) is 37.0 Å². The molecule has 0 spiro atoms. The normalized spacial score (nSPS) is 11.2. The fourth-order valence-electron chi connectivity index (χ4n) is 3.23. The van der Waals surface area contributed by atoms with Crippen LogP contribution in [-0.4, -0.2) is 19.7 Å². The smallest absolute Gasteiger partial charge is 0.218 e. The van der Waals surface area contributed by atoms with E-state index in [0.29, 0.717) is 12.5 Å². The van der Waals surface area contributed by atoms with Gasteiger partial charge in [-0.3, -0.25) is 4.68 Å². The summed E-state index contributed by atoms with van der Waals surface area (Å²) < 4.78 is 13.2. The van der Waals surface area contributed by atoms with E-state index < -0.39 is 0 Å². The lowest BCUT2D eigenvalue weighted by atomic mass is 10.1. The fraction of sp³-hybridized carbons (Fsp3) is 0.240. The van der Waals surface area contributed by atoms with Crippen molar-refractivity contribution in [1.82, 2.24) is 19.7 Å². The number of nitrogens with zero attached hydrogens (tertiary/aromatic N) is 4. The second-order valence-corrected chi connectivity index (χ2v) is 7.32. The molecule has 0 N–H and O–H groups in total. The average molecular weight is 415 g/mol. The average Bonchev–Trinajstić information content (AvgIpc) is 3.50. The van der Waals surface area contributed by atoms with E-state index in [4.69, 9.17) is 9.15 Å². The van der Waals surface area contributed by atoms with Crippen molar-refractivity contribution < 1.29 is 9.15 Å². The van der Waals surface area contributed by atoms with Crippen LogP contribution < -0.4 is 4.74 Å². The second-order valence-electron chi connectivity index (χ2n) is 7.32. The standard InChI is InChI=1S/C25H26N4O2/c1-3-7-21(8-4-1)12-15-25-28-23(18-31-25)17-30-24-13-10-22(11-14-24)9-5-2-6-16-29-20-26-19-27-29/h1,3-4,7-8,10-15,18-20H,2,5-6,9,16-17H2. The Hall–Kier alpha value is -3.67. The topological polar surface area (TPSA) is 66.0 Å². The number of aryl methyl sites for hydroxylation is 2. The quantitative estimate of drug-likeness (QED) is 0.306. The zero-order valence-electron chi connectivity index (χ0n) is 17.4. The van der Waals surface area contributed by atoms with E-state index in [-0.39, 0.29) is 0 Å². The molecular weight excluding hydrogens is 388 g/mol. The summed E-state index contributed by atoms with van der Waals surface area (Å²) in [6.45, 7) is 1.31. The summed E-state index contributed by atoms with van der Waals surface area (Å²) in [4.78, 5) is 8.41. The maximum Gasteiger partial charge on any atom is 0.218 e. The Morgan fingerprint density at radius 2 is 1.81 bits per heavy atom. The number of rotatable bonds is 11. The second kappa shape index (κ2) is 10.9. The number of benzene rings is 2. The summed E-state index contributed by atoms with van der Waals surface area (Å²) in [5.74, 6) is 1.40. The molecule has 0 radical (unpaired) electrons.